The molecule has 0 bridgehead atoms. The van der Waals surface area contributed by atoms with Crippen molar-refractivity contribution in [2.24, 2.45) is 16.7 Å². The third kappa shape index (κ3) is 1.65. The molecule has 1 spiro atoms. The number of aldehydes is 1. The van der Waals surface area contributed by atoms with E-state index in [9.17, 15) is 14.4 Å². The van der Waals surface area contributed by atoms with Gasteiger partial charge in [-0.15, -0.1) is 0 Å². The summed E-state index contributed by atoms with van der Waals surface area (Å²) in [5, 5.41) is 0. The van der Waals surface area contributed by atoms with E-state index in [1.165, 1.54) is 0 Å². The molecule has 2 unspecified atom stereocenters. The molecule has 1 aromatic rings. The Labute approximate surface area is 152 Å². The van der Waals surface area contributed by atoms with Crippen molar-refractivity contribution in [2.75, 3.05) is 6.54 Å². The van der Waals surface area contributed by atoms with Crippen molar-refractivity contribution < 1.29 is 14.4 Å². The Kier molecular flexibility index (Phi) is 2.81. The van der Waals surface area contributed by atoms with Crippen molar-refractivity contribution in [3.05, 3.63) is 34.8 Å². The first-order valence-corrected chi connectivity index (χ1v) is 9.53. The van der Waals surface area contributed by atoms with E-state index in [1.54, 1.807) is 6.08 Å². The summed E-state index contributed by atoms with van der Waals surface area (Å²) in [5.74, 6) is 0.462. The van der Waals surface area contributed by atoms with Crippen LogP contribution in [0, 0.1) is 23.7 Å². The van der Waals surface area contributed by atoms with E-state index in [4.69, 9.17) is 0 Å². The fourth-order valence-electron chi connectivity index (χ4n) is 6.14. The number of H-pyrrole nitrogens is 1. The second kappa shape index (κ2) is 4.56. The van der Waals surface area contributed by atoms with Gasteiger partial charge in [-0.3, -0.25) is 9.59 Å². The van der Waals surface area contributed by atoms with Gasteiger partial charge in [0, 0.05) is 40.8 Å². The predicted molar refractivity (Wildman–Crippen MR) is 95.6 cm³/mol. The second-order valence-electron chi connectivity index (χ2n) is 9.15. The minimum Gasteiger partial charge on any atom is -0.358 e. The van der Waals surface area contributed by atoms with Gasteiger partial charge >= 0.3 is 0 Å². The Morgan fingerprint density at radius 3 is 2.81 bits per heavy atom. The number of carbonyl (C=O) groups excluding carboxylic acids is 3. The van der Waals surface area contributed by atoms with E-state index in [0.29, 0.717) is 31.0 Å². The predicted octanol–water partition coefficient (Wildman–Crippen LogP) is 2.90. The van der Waals surface area contributed by atoms with Crippen LogP contribution in [0.1, 0.15) is 61.1 Å². The monoisotopic (exact) mass is 352 g/mol. The molecule has 1 amide bonds. The quantitative estimate of drug-likeness (QED) is 0.851. The Bertz CT molecular complexity index is 902. The minimum atomic E-state index is -0.494. The number of fused-ring (bicyclic) bond motifs is 1. The number of aryl methyl sites for hydroxylation is 1. The van der Waals surface area contributed by atoms with Gasteiger partial charge in [0.05, 0.1) is 5.69 Å². The molecule has 1 saturated heterocycles. The van der Waals surface area contributed by atoms with Crippen LogP contribution in [0.2, 0.25) is 0 Å². The molecule has 26 heavy (non-hydrogen) atoms. The molecule has 4 aliphatic rings. The molecular formula is C21H24N2O3. The summed E-state index contributed by atoms with van der Waals surface area (Å²) in [5.41, 5.74) is 2.83. The lowest BCUT2D eigenvalue weighted by Gasteiger charge is -2.52. The summed E-state index contributed by atoms with van der Waals surface area (Å²) in [6, 6.07) is 0. The Morgan fingerprint density at radius 2 is 2.15 bits per heavy atom. The molecule has 5 nitrogen and oxygen atoms in total. The number of likely N-dealkylation sites (tertiary alicyclic amines) is 1. The highest BCUT2D eigenvalue weighted by Gasteiger charge is 2.69. The summed E-state index contributed by atoms with van der Waals surface area (Å²) in [6.45, 7) is 6.71. The van der Waals surface area contributed by atoms with Crippen LogP contribution in [0.3, 0.4) is 0 Å². The molecule has 136 valence electrons. The van der Waals surface area contributed by atoms with E-state index in [2.05, 4.69) is 4.98 Å². The van der Waals surface area contributed by atoms with Gasteiger partial charge in [0.15, 0.2) is 0 Å². The van der Waals surface area contributed by atoms with Crippen molar-refractivity contribution >= 4 is 18.0 Å². The summed E-state index contributed by atoms with van der Waals surface area (Å²) in [7, 11) is 0. The number of allylic oxidation sites excluding steroid dienone is 2. The van der Waals surface area contributed by atoms with Gasteiger partial charge < -0.3 is 14.7 Å². The van der Waals surface area contributed by atoms with Crippen LogP contribution in [-0.4, -0.2) is 34.4 Å². The van der Waals surface area contributed by atoms with Crippen LogP contribution in [-0.2, 0) is 15.0 Å². The summed E-state index contributed by atoms with van der Waals surface area (Å²) in [4.78, 5) is 42.4. The number of rotatable bonds is 3. The highest BCUT2D eigenvalue weighted by atomic mass is 16.2. The van der Waals surface area contributed by atoms with E-state index in [-0.39, 0.29) is 22.5 Å². The number of amides is 1. The molecule has 2 atom stereocenters. The largest absolute Gasteiger partial charge is 0.358 e. The maximum absolute atomic E-state index is 13.4. The van der Waals surface area contributed by atoms with Crippen LogP contribution >= 0.6 is 0 Å². The highest BCUT2D eigenvalue weighted by molar-refractivity contribution is 6.08. The van der Waals surface area contributed by atoms with Crippen molar-refractivity contribution in [1.29, 1.82) is 0 Å². The number of nitrogens with one attached hydrogen (secondary N) is 1. The van der Waals surface area contributed by atoms with Gasteiger partial charge in [0.25, 0.3) is 0 Å². The lowest BCUT2D eigenvalue weighted by molar-refractivity contribution is -0.156. The van der Waals surface area contributed by atoms with Gasteiger partial charge in [0.2, 0.25) is 11.7 Å². The fourth-order valence-corrected chi connectivity index (χ4v) is 6.14. The molecule has 3 aliphatic carbocycles. The molecule has 5 heteroatoms. The van der Waals surface area contributed by atoms with Crippen molar-refractivity contribution in [2.45, 2.75) is 51.9 Å². The highest BCUT2D eigenvalue weighted by Crippen LogP contribution is 2.68. The van der Waals surface area contributed by atoms with Gasteiger partial charge in [-0.2, -0.15) is 0 Å². The zero-order chi connectivity index (χ0) is 18.5. The third-order valence-corrected chi connectivity index (χ3v) is 7.49. The van der Waals surface area contributed by atoms with Gasteiger partial charge in [-0.1, -0.05) is 13.8 Å². The SMILES string of the molecule is CCC1(C=O)CC(C)(C(=O)N2CC3CC34C2=CC(=O)c2[nH]cc(C)c24)C1. The Balaban J connectivity index is 1.49. The number of piperidine rings is 1. The van der Waals surface area contributed by atoms with Crippen molar-refractivity contribution in [3.8, 4) is 0 Å². The summed E-state index contributed by atoms with van der Waals surface area (Å²) >= 11 is 0. The number of aromatic nitrogens is 1. The molecule has 5 rings (SSSR count). The van der Waals surface area contributed by atoms with Gasteiger partial charge in [-0.25, -0.2) is 0 Å². The first-order valence-electron chi connectivity index (χ1n) is 9.53. The van der Waals surface area contributed by atoms with Crippen LogP contribution in [0.15, 0.2) is 18.0 Å². The van der Waals surface area contributed by atoms with Crippen LogP contribution in [0.5, 0.6) is 0 Å². The number of hydrogen-bond acceptors (Lipinski definition) is 3. The zero-order valence-electron chi connectivity index (χ0n) is 15.5. The number of hydrogen-bond donors (Lipinski definition) is 1. The van der Waals surface area contributed by atoms with E-state index >= 15 is 0 Å². The molecule has 2 heterocycles. The number of nitrogens with zero attached hydrogens (tertiary/aromatic N) is 1. The lowest BCUT2D eigenvalue weighted by Crippen LogP contribution is -2.55. The maximum atomic E-state index is 13.4. The first kappa shape index (κ1) is 16.0. The molecule has 1 aromatic heterocycles. The Hall–Kier alpha value is -2.17. The molecule has 0 aromatic carbocycles. The van der Waals surface area contributed by atoms with E-state index in [0.717, 1.165) is 36.0 Å². The average molecular weight is 352 g/mol. The van der Waals surface area contributed by atoms with Crippen molar-refractivity contribution in [3.63, 3.8) is 0 Å². The Morgan fingerprint density at radius 1 is 1.42 bits per heavy atom. The maximum Gasteiger partial charge on any atom is 0.232 e. The third-order valence-electron chi connectivity index (χ3n) is 7.49. The standard InChI is InChI=1S/C21H24N2O3/c1-4-20(11-24)9-19(3,10-20)18(26)23-8-13-6-21(13)15(23)5-14(25)17-16(21)12(2)7-22-17/h5,7,11,13,22H,4,6,8-10H2,1-3H3. The van der Waals surface area contributed by atoms with Crippen LogP contribution < -0.4 is 0 Å². The zero-order valence-corrected chi connectivity index (χ0v) is 15.5. The number of aromatic amines is 1. The molecule has 3 fully saturated rings. The number of carbonyl (C=O) groups is 3. The van der Waals surface area contributed by atoms with E-state index < -0.39 is 5.41 Å². The molecule has 0 radical (unpaired) electrons. The van der Waals surface area contributed by atoms with E-state index in [1.807, 2.05) is 31.9 Å². The van der Waals surface area contributed by atoms with Gasteiger partial charge in [0.1, 0.15) is 6.29 Å². The molecule has 2 saturated carbocycles. The number of ketones is 1. The van der Waals surface area contributed by atoms with Gasteiger partial charge in [-0.05, 0) is 49.7 Å². The molecule has 1 aliphatic heterocycles. The molecule has 1 N–H and O–H groups in total. The van der Waals surface area contributed by atoms with Crippen LogP contribution in [0.4, 0.5) is 0 Å². The lowest BCUT2D eigenvalue weighted by atomic mass is 9.52. The van der Waals surface area contributed by atoms with Crippen molar-refractivity contribution in [1.82, 2.24) is 9.88 Å². The van der Waals surface area contributed by atoms with Crippen LogP contribution in [0.25, 0.3) is 0 Å². The molecular weight excluding hydrogens is 328 g/mol. The first-order chi connectivity index (χ1) is 12.3. The summed E-state index contributed by atoms with van der Waals surface area (Å²) < 4.78 is 0. The topological polar surface area (TPSA) is 70.2 Å². The second-order valence-corrected chi connectivity index (χ2v) is 9.15. The normalized spacial score (nSPS) is 39.5. The fraction of sp³-hybridized carbons (Fsp3) is 0.571. The average Bonchev–Trinajstić information content (AvgIpc) is 2.99. The smallest absolute Gasteiger partial charge is 0.232 e. The minimum absolute atomic E-state index is 0.0337. The summed E-state index contributed by atoms with van der Waals surface area (Å²) in [6.07, 6.45) is 7.64.